The molecule has 0 bridgehead atoms. The molecule has 24 heavy (non-hydrogen) atoms. The summed E-state index contributed by atoms with van der Waals surface area (Å²) in [6, 6.07) is 0. The third kappa shape index (κ3) is 10.9. The van der Waals surface area contributed by atoms with Crippen LogP contribution in [0.15, 0.2) is 0 Å². The number of ether oxygens (including phenoxy) is 2. The van der Waals surface area contributed by atoms with Crippen LogP contribution in [-0.4, -0.2) is 36.0 Å². The molecule has 0 heterocycles. The van der Waals surface area contributed by atoms with E-state index in [-0.39, 0.29) is 24.8 Å². The molecule has 0 aliphatic heterocycles. The molecule has 2 N–H and O–H groups in total. The Bertz CT molecular complexity index is 408. The standard InChI is InChI=1S/C17H31NO6/c1-6-7-15(23-16(21)12(4)5)24-17(22)18-10-13(8-11(2)3)9-14(19)20/h11-13,15H,6-10H2,1-5H3,(H,18,22)(H,19,20). The SMILES string of the molecule is CCCC(OC(=O)NCC(CC(=O)O)CC(C)C)OC(=O)C(C)C. The second-order valence-corrected chi connectivity index (χ2v) is 6.69. The molecule has 0 rings (SSSR count). The van der Waals surface area contributed by atoms with Crippen LogP contribution in [0.25, 0.3) is 0 Å². The highest BCUT2D eigenvalue weighted by Crippen LogP contribution is 2.15. The van der Waals surface area contributed by atoms with Crippen LogP contribution in [0.3, 0.4) is 0 Å². The summed E-state index contributed by atoms with van der Waals surface area (Å²) in [6.45, 7) is 9.50. The highest BCUT2D eigenvalue weighted by Gasteiger charge is 2.21. The molecule has 7 nitrogen and oxygen atoms in total. The maximum absolute atomic E-state index is 11.9. The molecule has 0 aromatic rings. The number of carboxylic acid groups (broad SMARTS) is 1. The van der Waals surface area contributed by atoms with E-state index in [0.29, 0.717) is 25.2 Å². The van der Waals surface area contributed by atoms with E-state index in [9.17, 15) is 14.4 Å². The lowest BCUT2D eigenvalue weighted by Gasteiger charge is -2.21. The predicted octanol–water partition coefficient (Wildman–Crippen LogP) is 3.18. The molecule has 7 heteroatoms. The molecule has 0 aliphatic carbocycles. The number of carboxylic acids is 1. The smallest absolute Gasteiger partial charge is 0.410 e. The van der Waals surface area contributed by atoms with Gasteiger partial charge in [-0.15, -0.1) is 0 Å². The van der Waals surface area contributed by atoms with Gasteiger partial charge in [0.2, 0.25) is 6.29 Å². The molecule has 0 aromatic heterocycles. The first-order valence-corrected chi connectivity index (χ1v) is 8.52. The van der Waals surface area contributed by atoms with Crippen LogP contribution in [-0.2, 0) is 19.1 Å². The first-order valence-electron chi connectivity index (χ1n) is 8.52. The molecular formula is C17H31NO6. The number of nitrogens with one attached hydrogen (secondary N) is 1. The van der Waals surface area contributed by atoms with Gasteiger partial charge in [0, 0.05) is 19.4 Å². The first-order chi connectivity index (χ1) is 11.1. The fraction of sp³-hybridized carbons (Fsp3) is 0.824. The second-order valence-electron chi connectivity index (χ2n) is 6.69. The average Bonchev–Trinajstić information content (AvgIpc) is 2.43. The summed E-state index contributed by atoms with van der Waals surface area (Å²) >= 11 is 0. The highest BCUT2D eigenvalue weighted by molar-refractivity contribution is 5.72. The molecule has 2 unspecified atom stereocenters. The van der Waals surface area contributed by atoms with E-state index >= 15 is 0 Å². The van der Waals surface area contributed by atoms with Crippen molar-refractivity contribution < 1.29 is 29.0 Å². The highest BCUT2D eigenvalue weighted by atomic mass is 16.7. The van der Waals surface area contributed by atoms with E-state index in [0.717, 1.165) is 0 Å². The minimum absolute atomic E-state index is 0.0147. The van der Waals surface area contributed by atoms with Crippen LogP contribution < -0.4 is 5.32 Å². The van der Waals surface area contributed by atoms with Crippen LogP contribution in [0.2, 0.25) is 0 Å². The molecule has 2 atom stereocenters. The van der Waals surface area contributed by atoms with Crippen molar-refractivity contribution in [2.45, 2.75) is 66.6 Å². The number of alkyl carbamates (subject to hydrolysis) is 1. The summed E-state index contributed by atoms with van der Waals surface area (Å²) in [5, 5.41) is 11.5. The van der Waals surface area contributed by atoms with Crippen LogP contribution in [0.4, 0.5) is 4.79 Å². The molecule has 0 radical (unpaired) electrons. The van der Waals surface area contributed by atoms with Crippen molar-refractivity contribution in [3.05, 3.63) is 0 Å². The Morgan fingerprint density at radius 1 is 1.08 bits per heavy atom. The molecule has 0 saturated heterocycles. The van der Waals surface area contributed by atoms with Gasteiger partial charge in [0.05, 0.1) is 5.92 Å². The van der Waals surface area contributed by atoms with Crippen molar-refractivity contribution in [3.8, 4) is 0 Å². The number of esters is 1. The normalized spacial score (nSPS) is 13.5. The van der Waals surface area contributed by atoms with Gasteiger partial charge < -0.3 is 19.9 Å². The maximum atomic E-state index is 11.9. The Kier molecular flexibility index (Phi) is 10.8. The third-order valence-electron chi connectivity index (χ3n) is 3.28. The zero-order valence-electron chi connectivity index (χ0n) is 15.3. The summed E-state index contributed by atoms with van der Waals surface area (Å²) < 4.78 is 10.3. The molecule has 140 valence electrons. The van der Waals surface area contributed by atoms with Gasteiger partial charge in [-0.2, -0.15) is 0 Å². The quantitative estimate of drug-likeness (QED) is 0.440. The lowest BCUT2D eigenvalue weighted by atomic mass is 9.94. The van der Waals surface area contributed by atoms with Crippen molar-refractivity contribution in [2.75, 3.05) is 6.54 Å². The lowest BCUT2D eigenvalue weighted by molar-refractivity contribution is -0.172. The van der Waals surface area contributed by atoms with Gasteiger partial charge in [0.25, 0.3) is 0 Å². The minimum Gasteiger partial charge on any atom is -0.481 e. The van der Waals surface area contributed by atoms with E-state index in [1.807, 2.05) is 20.8 Å². The van der Waals surface area contributed by atoms with E-state index < -0.39 is 24.3 Å². The van der Waals surface area contributed by atoms with E-state index in [2.05, 4.69) is 5.32 Å². The van der Waals surface area contributed by atoms with Gasteiger partial charge >= 0.3 is 18.0 Å². The Morgan fingerprint density at radius 2 is 1.71 bits per heavy atom. The Morgan fingerprint density at radius 3 is 2.17 bits per heavy atom. The maximum Gasteiger partial charge on any atom is 0.410 e. The summed E-state index contributed by atoms with van der Waals surface area (Å²) in [5.74, 6) is -1.47. The van der Waals surface area contributed by atoms with Crippen molar-refractivity contribution in [2.24, 2.45) is 17.8 Å². The van der Waals surface area contributed by atoms with Crippen molar-refractivity contribution >= 4 is 18.0 Å². The minimum atomic E-state index is -0.923. The monoisotopic (exact) mass is 345 g/mol. The Hall–Kier alpha value is -1.79. The van der Waals surface area contributed by atoms with Gasteiger partial charge in [-0.1, -0.05) is 34.6 Å². The van der Waals surface area contributed by atoms with E-state index in [1.54, 1.807) is 13.8 Å². The second kappa shape index (κ2) is 11.7. The van der Waals surface area contributed by atoms with E-state index in [4.69, 9.17) is 14.6 Å². The van der Waals surface area contributed by atoms with Crippen LogP contribution in [0, 0.1) is 17.8 Å². The summed E-state index contributed by atoms with van der Waals surface area (Å²) in [5.41, 5.74) is 0. The number of rotatable bonds is 11. The largest absolute Gasteiger partial charge is 0.481 e. The third-order valence-corrected chi connectivity index (χ3v) is 3.28. The van der Waals surface area contributed by atoms with Crippen LogP contribution in [0.1, 0.15) is 60.3 Å². The van der Waals surface area contributed by atoms with E-state index in [1.165, 1.54) is 0 Å². The summed E-state index contributed by atoms with van der Waals surface area (Å²) in [6.07, 6.45) is 0.151. The Balaban J connectivity index is 4.48. The molecule has 0 aliphatic rings. The van der Waals surface area contributed by atoms with Crippen molar-refractivity contribution in [1.29, 1.82) is 0 Å². The number of amides is 1. The fourth-order valence-electron chi connectivity index (χ4n) is 2.18. The molecule has 0 saturated carbocycles. The predicted molar refractivity (Wildman–Crippen MR) is 89.3 cm³/mol. The first kappa shape index (κ1) is 22.2. The van der Waals surface area contributed by atoms with Gasteiger partial charge in [-0.05, 0) is 24.7 Å². The lowest BCUT2D eigenvalue weighted by Crippen LogP contribution is -2.35. The zero-order chi connectivity index (χ0) is 18.7. The molecule has 1 amide bonds. The summed E-state index contributed by atoms with van der Waals surface area (Å²) in [7, 11) is 0. The zero-order valence-corrected chi connectivity index (χ0v) is 15.3. The van der Waals surface area contributed by atoms with Gasteiger partial charge in [-0.25, -0.2) is 4.79 Å². The van der Waals surface area contributed by atoms with Gasteiger partial charge in [0.15, 0.2) is 0 Å². The van der Waals surface area contributed by atoms with Crippen LogP contribution in [0.5, 0.6) is 0 Å². The van der Waals surface area contributed by atoms with Crippen LogP contribution >= 0.6 is 0 Å². The number of hydrogen-bond donors (Lipinski definition) is 2. The number of carbonyl (C=O) groups is 3. The molecule has 0 spiro atoms. The number of hydrogen-bond acceptors (Lipinski definition) is 5. The molecule has 0 aromatic carbocycles. The molecule has 0 fully saturated rings. The Labute approximate surface area is 144 Å². The van der Waals surface area contributed by atoms with Gasteiger partial charge in [-0.3, -0.25) is 9.59 Å². The average molecular weight is 345 g/mol. The number of aliphatic carboxylic acids is 1. The van der Waals surface area contributed by atoms with Gasteiger partial charge in [0.1, 0.15) is 0 Å². The topological polar surface area (TPSA) is 102 Å². The summed E-state index contributed by atoms with van der Waals surface area (Å²) in [4.78, 5) is 34.4. The van der Waals surface area contributed by atoms with Crippen molar-refractivity contribution in [1.82, 2.24) is 5.32 Å². The van der Waals surface area contributed by atoms with Crippen molar-refractivity contribution in [3.63, 3.8) is 0 Å². The number of carbonyl (C=O) groups excluding carboxylic acids is 2. The molecular weight excluding hydrogens is 314 g/mol. The fourth-order valence-corrected chi connectivity index (χ4v) is 2.18.